The number of thioether (sulfide) groups is 1. The summed E-state index contributed by atoms with van der Waals surface area (Å²) in [5.74, 6) is -0.787. The van der Waals surface area contributed by atoms with E-state index in [1.807, 2.05) is 0 Å². The maximum Gasteiger partial charge on any atom is 0.318 e. The van der Waals surface area contributed by atoms with Crippen molar-refractivity contribution in [3.63, 3.8) is 0 Å². The number of halogens is 1. The van der Waals surface area contributed by atoms with E-state index in [0.29, 0.717) is 18.1 Å². The number of nitro groups is 1. The summed E-state index contributed by atoms with van der Waals surface area (Å²) in [4.78, 5) is 10.3. The molecule has 1 heterocycles. The molecule has 0 saturated carbocycles. The van der Waals surface area contributed by atoms with E-state index in [2.05, 4.69) is 0 Å². The number of ether oxygens (including phenoxy) is 1. The monoisotopic (exact) mass is 229 g/mol. The molecule has 1 aliphatic heterocycles. The third-order valence-electron chi connectivity index (χ3n) is 2.03. The van der Waals surface area contributed by atoms with Gasteiger partial charge < -0.3 is 4.74 Å². The summed E-state index contributed by atoms with van der Waals surface area (Å²) in [6.07, 6.45) is 0. The molecule has 0 unspecified atom stereocenters. The van der Waals surface area contributed by atoms with E-state index in [-0.39, 0.29) is 5.25 Å². The van der Waals surface area contributed by atoms with Crippen LogP contribution in [0.15, 0.2) is 23.1 Å². The van der Waals surface area contributed by atoms with Gasteiger partial charge in [-0.1, -0.05) is 6.07 Å². The lowest BCUT2D eigenvalue weighted by atomic mass is 10.3. The van der Waals surface area contributed by atoms with Crippen LogP contribution in [0.1, 0.15) is 0 Å². The fourth-order valence-corrected chi connectivity index (χ4v) is 2.36. The Morgan fingerprint density at radius 3 is 2.80 bits per heavy atom. The van der Waals surface area contributed by atoms with Crippen molar-refractivity contribution in [2.24, 2.45) is 0 Å². The van der Waals surface area contributed by atoms with E-state index in [4.69, 9.17) is 4.74 Å². The summed E-state index contributed by atoms with van der Waals surface area (Å²) < 4.78 is 18.1. The van der Waals surface area contributed by atoms with Gasteiger partial charge in [0.15, 0.2) is 0 Å². The average Bonchev–Trinajstić information content (AvgIpc) is 2.10. The minimum absolute atomic E-state index is 0.200. The molecular weight excluding hydrogens is 221 g/mol. The lowest BCUT2D eigenvalue weighted by Crippen LogP contribution is -2.30. The molecule has 1 fully saturated rings. The average molecular weight is 229 g/mol. The van der Waals surface area contributed by atoms with Gasteiger partial charge in [-0.3, -0.25) is 10.1 Å². The minimum Gasteiger partial charge on any atom is -0.379 e. The summed E-state index contributed by atoms with van der Waals surface area (Å²) in [6, 6.07) is 4.13. The molecule has 1 saturated heterocycles. The highest BCUT2D eigenvalue weighted by Gasteiger charge is 2.26. The van der Waals surface area contributed by atoms with Crippen molar-refractivity contribution in [2.45, 2.75) is 10.1 Å². The topological polar surface area (TPSA) is 52.4 Å². The molecule has 0 aliphatic carbocycles. The fraction of sp³-hybridized carbons (Fsp3) is 0.333. The molecule has 15 heavy (non-hydrogen) atoms. The van der Waals surface area contributed by atoms with E-state index in [9.17, 15) is 14.5 Å². The van der Waals surface area contributed by atoms with Gasteiger partial charge in [0.1, 0.15) is 0 Å². The molecule has 0 radical (unpaired) electrons. The highest BCUT2D eigenvalue weighted by molar-refractivity contribution is 8.00. The first-order valence-electron chi connectivity index (χ1n) is 4.36. The van der Waals surface area contributed by atoms with E-state index >= 15 is 0 Å². The third kappa shape index (κ3) is 2.10. The van der Waals surface area contributed by atoms with E-state index in [1.165, 1.54) is 17.8 Å². The Bertz CT molecular complexity index is 395. The lowest BCUT2D eigenvalue weighted by Gasteiger charge is -2.24. The fourth-order valence-electron chi connectivity index (χ4n) is 1.23. The molecule has 0 aromatic heterocycles. The Morgan fingerprint density at radius 2 is 2.27 bits per heavy atom. The van der Waals surface area contributed by atoms with Crippen molar-refractivity contribution >= 4 is 17.4 Å². The summed E-state index contributed by atoms with van der Waals surface area (Å²) in [5.41, 5.74) is -0.436. The van der Waals surface area contributed by atoms with Crippen LogP contribution in [0.25, 0.3) is 0 Å². The van der Waals surface area contributed by atoms with E-state index in [0.717, 1.165) is 6.07 Å². The number of para-hydroxylation sites is 1. The maximum absolute atomic E-state index is 13.2. The quantitative estimate of drug-likeness (QED) is 0.589. The normalized spacial score (nSPS) is 16.1. The van der Waals surface area contributed by atoms with Crippen molar-refractivity contribution in [3.05, 3.63) is 34.1 Å². The molecule has 2 rings (SSSR count). The Labute approximate surface area is 89.6 Å². The second-order valence-electron chi connectivity index (χ2n) is 3.12. The number of rotatable bonds is 3. The van der Waals surface area contributed by atoms with Crippen LogP contribution >= 0.6 is 11.8 Å². The standard InChI is InChI=1S/C9H8FNO3S/c10-7-2-1-3-8(9(7)11(12)13)15-6-4-14-5-6/h1-3,6H,4-5H2. The van der Waals surface area contributed by atoms with Crippen LogP contribution in [0.2, 0.25) is 0 Å². The molecule has 1 aliphatic rings. The lowest BCUT2D eigenvalue weighted by molar-refractivity contribution is -0.390. The molecule has 1 aromatic rings. The van der Waals surface area contributed by atoms with Gasteiger partial charge in [-0.2, -0.15) is 4.39 Å². The highest BCUT2D eigenvalue weighted by Crippen LogP contribution is 2.35. The van der Waals surface area contributed by atoms with E-state index in [1.54, 1.807) is 6.07 Å². The van der Waals surface area contributed by atoms with Crippen molar-refractivity contribution in [3.8, 4) is 0 Å². The number of hydrogen-bond donors (Lipinski definition) is 0. The van der Waals surface area contributed by atoms with Crippen LogP contribution in [-0.2, 0) is 4.74 Å². The zero-order valence-electron chi connectivity index (χ0n) is 7.68. The Morgan fingerprint density at radius 1 is 1.53 bits per heavy atom. The summed E-state index contributed by atoms with van der Waals surface area (Å²) in [7, 11) is 0. The first-order valence-corrected chi connectivity index (χ1v) is 5.24. The van der Waals surface area contributed by atoms with Crippen molar-refractivity contribution < 1.29 is 14.1 Å². The van der Waals surface area contributed by atoms with Crippen LogP contribution in [-0.4, -0.2) is 23.4 Å². The molecule has 6 heteroatoms. The van der Waals surface area contributed by atoms with Gasteiger partial charge in [0.25, 0.3) is 0 Å². The summed E-state index contributed by atoms with van der Waals surface area (Å²) in [6.45, 7) is 1.14. The van der Waals surface area contributed by atoms with Crippen LogP contribution in [0.3, 0.4) is 0 Å². The van der Waals surface area contributed by atoms with Crippen LogP contribution in [0, 0.1) is 15.9 Å². The van der Waals surface area contributed by atoms with Gasteiger partial charge in [0.05, 0.1) is 28.3 Å². The van der Waals surface area contributed by atoms with Crippen molar-refractivity contribution in [2.75, 3.05) is 13.2 Å². The maximum atomic E-state index is 13.2. The first kappa shape index (κ1) is 10.4. The Kier molecular flexibility index (Phi) is 2.88. The smallest absolute Gasteiger partial charge is 0.318 e. The molecular formula is C9H8FNO3S. The zero-order chi connectivity index (χ0) is 10.8. The second-order valence-corrected chi connectivity index (χ2v) is 4.46. The second kappa shape index (κ2) is 4.16. The van der Waals surface area contributed by atoms with Crippen LogP contribution in [0.5, 0.6) is 0 Å². The largest absolute Gasteiger partial charge is 0.379 e. The SMILES string of the molecule is O=[N+]([O-])c1c(F)cccc1SC1COC1. The van der Waals surface area contributed by atoms with Gasteiger partial charge in [-0.15, -0.1) is 11.8 Å². The van der Waals surface area contributed by atoms with Crippen LogP contribution < -0.4 is 0 Å². The van der Waals surface area contributed by atoms with Crippen LogP contribution in [0.4, 0.5) is 10.1 Å². The zero-order valence-corrected chi connectivity index (χ0v) is 8.50. The van der Waals surface area contributed by atoms with Gasteiger partial charge in [0, 0.05) is 0 Å². The van der Waals surface area contributed by atoms with Gasteiger partial charge in [0.2, 0.25) is 5.82 Å². The molecule has 0 spiro atoms. The number of benzene rings is 1. The number of hydrogen-bond acceptors (Lipinski definition) is 4. The molecule has 0 atom stereocenters. The minimum atomic E-state index is -0.787. The molecule has 0 N–H and O–H groups in total. The first-order chi connectivity index (χ1) is 7.18. The Balaban J connectivity index is 2.27. The van der Waals surface area contributed by atoms with Gasteiger partial charge in [-0.05, 0) is 12.1 Å². The molecule has 0 bridgehead atoms. The third-order valence-corrected chi connectivity index (χ3v) is 3.22. The van der Waals surface area contributed by atoms with Crippen molar-refractivity contribution in [1.29, 1.82) is 0 Å². The summed E-state index contributed by atoms with van der Waals surface area (Å²) in [5, 5.41) is 10.9. The number of nitro benzene ring substituents is 1. The molecule has 0 amide bonds. The van der Waals surface area contributed by atoms with Gasteiger partial charge >= 0.3 is 5.69 Å². The highest BCUT2D eigenvalue weighted by atomic mass is 32.2. The predicted octanol–water partition coefficient (Wildman–Crippen LogP) is 2.22. The van der Waals surface area contributed by atoms with Gasteiger partial charge in [-0.25, -0.2) is 0 Å². The number of nitrogens with zero attached hydrogens (tertiary/aromatic N) is 1. The molecule has 4 nitrogen and oxygen atoms in total. The van der Waals surface area contributed by atoms with Crippen molar-refractivity contribution in [1.82, 2.24) is 0 Å². The molecule has 1 aromatic carbocycles. The molecule has 80 valence electrons. The van der Waals surface area contributed by atoms with E-state index < -0.39 is 16.4 Å². The predicted molar refractivity (Wildman–Crippen MR) is 53.5 cm³/mol. The Hall–Kier alpha value is -1.14. The summed E-state index contributed by atoms with van der Waals surface area (Å²) >= 11 is 1.29.